The maximum Gasteiger partial charge on any atom is 0.133 e. The summed E-state index contributed by atoms with van der Waals surface area (Å²) in [6.07, 6.45) is 2.53. The van der Waals surface area contributed by atoms with Crippen LogP contribution in [-0.2, 0) is 6.54 Å². The third-order valence-corrected chi connectivity index (χ3v) is 3.37. The van der Waals surface area contributed by atoms with Gasteiger partial charge < -0.3 is 5.32 Å². The average Bonchev–Trinajstić information content (AvgIpc) is 3.21. The molecule has 0 unspecified atom stereocenters. The predicted molar refractivity (Wildman–Crippen MR) is 71.7 cm³/mol. The summed E-state index contributed by atoms with van der Waals surface area (Å²) < 4.78 is 26.5. The quantitative estimate of drug-likeness (QED) is 0.878. The lowest BCUT2D eigenvalue weighted by atomic mass is 10.0. The van der Waals surface area contributed by atoms with E-state index in [0.29, 0.717) is 11.6 Å². The molecule has 3 heteroatoms. The largest absolute Gasteiger partial charge is 0.310 e. The van der Waals surface area contributed by atoms with Crippen molar-refractivity contribution in [3.8, 4) is 11.1 Å². The minimum atomic E-state index is -0.550. The zero-order chi connectivity index (χ0) is 13.2. The van der Waals surface area contributed by atoms with Crippen LogP contribution in [0, 0.1) is 11.6 Å². The van der Waals surface area contributed by atoms with Gasteiger partial charge in [0.25, 0.3) is 0 Å². The molecule has 1 saturated carbocycles. The molecular weight excluding hydrogens is 244 g/mol. The summed E-state index contributed by atoms with van der Waals surface area (Å²) in [5.74, 6) is -1.07. The van der Waals surface area contributed by atoms with Crippen molar-refractivity contribution in [3.63, 3.8) is 0 Å². The fraction of sp³-hybridized carbons (Fsp3) is 0.250. The lowest BCUT2D eigenvalue weighted by Gasteiger charge is -2.06. The highest BCUT2D eigenvalue weighted by Gasteiger charge is 2.19. The minimum absolute atomic E-state index is 0.433. The summed E-state index contributed by atoms with van der Waals surface area (Å²) in [6.45, 7) is 0.844. The van der Waals surface area contributed by atoms with Gasteiger partial charge in [-0.25, -0.2) is 8.78 Å². The molecule has 0 heterocycles. The van der Waals surface area contributed by atoms with Crippen molar-refractivity contribution in [1.82, 2.24) is 5.32 Å². The van der Waals surface area contributed by atoms with Crippen molar-refractivity contribution in [2.75, 3.05) is 0 Å². The Morgan fingerprint density at radius 3 is 2.37 bits per heavy atom. The number of hydrogen-bond donors (Lipinski definition) is 1. The van der Waals surface area contributed by atoms with E-state index in [1.54, 1.807) is 0 Å². The SMILES string of the molecule is Fc1ccc(-c2ccc(CNC3CC3)cc2)c(F)c1. The van der Waals surface area contributed by atoms with Crippen LogP contribution in [0.2, 0.25) is 0 Å². The Bertz CT molecular complexity index is 574. The van der Waals surface area contributed by atoms with Crippen molar-refractivity contribution >= 4 is 0 Å². The molecule has 19 heavy (non-hydrogen) atoms. The molecule has 0 bridgehead atoms. The van der Waals surface area contributed by atoms with E-state index in [1.807, 2.05) is 24.3 Å². The van der Waals surface area contributed by atoms with Gasteiger partial charge in [0.15, 0.2) is 0 Å². The van der Waals surface area contributed by atoms with Crippen molar-refractivity contribution in [2.45, 2.75) is 25.4 Å². The molecule has 0 aromatic heterocycles. The van der Waals surface area contributed by atoms with Gasteiger partial charge >= 0.3 is 0 Å². The molecular formula is C16H15F2N. The Balaban J connectivity index is 1.76. The maximum atomic E-state index is 13.6. The van der Waals surface area contributed by atoms with Crippen molar-refractivity contribution in [2.24, 2.45) is 0 Å². The van der Waals surface area contributed by atoms with Gasteiger partial charge in [0.1, 0.15) is 11.6 Å². The maximum absolute atomic E-state index is 13.6. The molecule has 0 amide bonds. The first-order valence-corrected chi connectivity index (χ1v) is 6.50. The molecule has 0 spiro atoms. The molecule has 3 rings (SSSR count). The molecule has 2 aromatic carbocycles. The fourth-order valence-electron chi connectivity index (χ4n) is 2.08. The average molecular weight is 259 g/mol. The Hall–Kier alpha value is -1.74. The first-order valence-electron chi connectivity index (χ1n) is 6.50. The third kappa shape index (κ3) is 2.99. The monoisotopic (exact) mass is 259 g/mol. The van der Waals surface area contributed by atoms with Gasteiger partial charge in [0.05, 0.1) is 0 Å². The van der Waals surface area contributed by atoms with Crippen LogP contribution in [-0.4, -0.2) is 6.04 Å². The standard InChI is InChI=1S/C16H15F2N/c17-13-5-8-15(16(18)9-13)12-3-1-11(2-4-12)10-19-14-6-7-14/h1-5,8-9,14,19H,6-7,10H2. The van der Waals surface area contributed by atoms with Gasteiger partial charge in [-0.05, 0) is 36.1 Å². The van der Waals surface area contributed by atoms with Crippen molar-refractivity contribution in [1.29, 1.82) is 0 Å². The summed E-state index contributed by atoms with van der Waals surface area (Å²) in [4.78, 5) is 0. The summed E-state index contributed by atoms with van der Waals surface area (Å²) in [5, 5.41) is 3.43. The van der Waals surface area contributed by atoms with E-state index in [4.69, 9.17) is 0 Å². The van der Waals surface area contributed by atoms with Crippen LogP contribution in [0.5, 0.6) is 0 Å². The fourth-order valence-corrected chi connectivity index (χ4v) is 2.08. The molecule has 0 atom stereocenters. The van der Waals surface area contributed by atoms with Crippen LogP contribution in [0.25, 0.3) is 11.1 Å². The summed E-state index contributed by atoms with van der Waals surface area (Å²) in [6, 6.07) is 12.1. The predicted octanol–water partition coefficient (Wildman–Crippen LogP) is 3.88. The third-order valence-electron chi connectivity index (χ3n) is 3.37. The van der Waals surface area contributed by atoms with Gasteiger partial charge in [-0.1, -0.05) is 24.3 Å². The van der Waals surface area contributed by atoms with E-state index < -0.39 is 11.6 Å². The van der Waals surface area contributed by atoms with E-state index >= 15 is 0 Å². The second-order valence-electron chi connectivity index (χ2n) is 4.98. The Labute approximate surface area is 111 Å². The van der Waals surface area contributed by atoms with Crippen LogP contribution < -0.4 is 5.32 Å². The molecule has 0 saturated heterocycles. The van der Waals surface area contributed by atoms with E-state index in [1.165, 1.54) is 30.5 Å². The molecule has 1 aliphatic carbocycles. The Kier molecular flexibility index (Phi) is 3.30. The van der Waals surface area contributed by atoms with Crippen LogP contribution in [0.1, 0.15) is 18.4 Å². The van der Waals surface area contributed by atoms with Gasteiger partial charge in [-0.15, -0.1) is 0 Å². The number of rotatable bonds is 4. The Morgan fingerprint density at radius 1 is 1.00 bits per heavy atom. The van der Waals surface area contributed by atoms with Gasteiger partial charge in [0.2, 0.25) is 0 Å². The lowest BCUT2D eigenvalue weighted by Crippen LogP contribution is -2.15. The number of nitrogens with one attached hydrogen (secondary N) is 1. The molecule has 2 aromatic rings. The minimum Gasteiger partial charge on any atom is -0.310 e. The summed E-state index contributed by atoms with van der Waals surface area (Å²) >= 11 is 0. The number of halogens is 2. The molecule has 98 valence electrons. The van der Waals surface area contributed by atoms with Crippen LogP contribution in [0.4, 0.5) is 8.78 Å². The summed E-state index contributed by atoms with van der Waals surface area (Å²) in [5.41, 5.74) is 2.38. The topological polar surface area (TPSA) is 12.0 Å². The van der Waals surface area contributed by atoms with Crippen molar-refractivity contribution < 1.29 is 8.78 Å². The highest BCUT2D eigenvalue weighted by molar-refractivity contribution is 5.64. The summed E-state index contributed by atoms with van der Waals surface area (Å²) in [7, 11) is 0. The second-order valence-corrected chi connectivity index (χ2v) is 4.98. The van der Waals surface area contributed by atoms with Gasteiger partial charge in [0, 0.05) is 24.2 Å². The molecule has 1 N–H and O–H groups in total. The van der Waals surface area contributed by atoms with E-state index in [9.17, 15) is 8.78 Å². The smallest absolute Gasteiger partial charge is 0.133 e. The van der Waals surface area contributed by atoms with Crippen LogP contribution in [0.15, 0.2) is 42.5 Å². The van der Waals surface area contributed by atoms with Gasteiger partial charge in [-0.2, -0.15) is 0 Å². The zero-order valence-corrected chi connectivity index (χ0v) is 10.5. The molecule has 1 nitrogen and oxygen atoms in total. The Morgan fingerprint density at radius 2 is 1.74 bits per heavy atom. The molecule has 0 aliphatic heterocycles. The second kappa shape index (κ2) is 5.10. The normalized spacial score (nSPS) is 14.6. The number of hydrogen-bond acceptors (Lipinski definition) is 1. The zero-order valence-electron chi connectivity index (χ0n) is 10.5. The van der Waals surface area contributed by atoms with Crippen LogP contribution >= 0.6 is 0 Å². The van der Waals surface area contributed by atoms with E-state index in [-0.39, 0.29) is 0 Å². The highest BCUT2D eigenvalue weighted by atomic mass is 19.1. The first-order chi connectivity index (χ1) is 9.22. The molecule has 0 radical (unpaired) electrons. The lowest BCUT2D eigenvalue weighted by molar-refractivity contribution is 0.585. The molecule has 1 aliphatic rings. The van der Waals surface area contributed by atoms with Gasteiger partial charge in [-0.3, -0.25) is 0 Å². The van der Waals surface area contributed by atoms with Crippen molar-refractivity contribution in [3.05, 3.63) is 59.7 Å². The highest BCUT2D eigenvalue weighted by Crippen LogP contribution is 2.24. The number of benzene rings is 2. The molecule has 1 fully saturated rings. The van der Waals surface area contributed by atoms with Crippen LogP contribution in [0.3, 0.4) is 0 Å². The van der Waals surface area contributed by atoms with E-state index in [0.717, 1.165) is 18.2 Å². The first kappa shape index (κ1) is 12.3. The van der Waals surface area contributed by atoms with E-state index in [2.05, 4.69) is 5.32 Å².